The van der Waals surface area contributed by atoms with Gasteiger partial charge in [-0.05, 0) is 24.6 Å². The van der Waals surface area contributed by atoms with E-state index in [1.807, 2.05) is 4.90 Å². The lowest BCUT2D eigenvalue weighted by atomic mass is 10.1. The Kier molecular flexibility index (Phi) is 8.36. The molecule has 1 heterocycles. The number of sulfonamides is 1. The number of benzene rings is 1. The van der Waals surface area contributed by atoms with Crippen molar-refractivity contribution in [2.45, 2.75) is 19.5 Å². The van der Waals surface area contributed by atoms with Crippen molar-refractivity contribution in [2.75, 3.05) is 64.0 Å². The van der Waals surface area contributed by atoms with Crippen molar-refractivity contribution in [3.05, 3.63) is 29.8 Å². The molecule has 1 N–H and O–H groups in total. The molecule has 0 saturated carbocycles. The van der Waals surface area contributed by atoms with Crippen LogP contribution in [0.15, 0.2) is 29.3 Å². The minimum Gasteiger partial charge on any atom is -0.368 e. The smallest absolute Gasteiger partial charge is 0.368 e. The molecule has 11 heteroatoms. The highest BCUT2D eigenvalue weighted by molar-refractivity contribution is 7.88. The number of alkyl halides is 3. The third-order valence-corrected chi connectivity index (χ3v) is 6.40. The number of piperazine rings is 1. The highest BCUT2D eigenvalue weighted by atomic mass is 32.2. The van der Waals surface area contributed by atoms with Crippen LogP contribution in [0.4, 0.5) is 18.9 Å². The van der Waals surface area contributed by atoms with Crippen molar-refractivity contribution in [2.24, 2.45) is 4.99 Å². The van der Waals surface area contributed by atoms with Crippen LogP contribution in [0.5, 0.6) is 0 Å². The minimum atomic E-state index is -4.35. The first kappa shape index (κ1) is 24.3. The Morgan fingerprint density at radius 2 is 1.90 bits per heavy atom. The molecule has 30 heavy (non-hydrogen) atoms. The minimum absolute atomic E-state index is 0.433. The lowest BCUT2D eigenvalue weighted by Crippen LogP contribution is -2.52. The summed E-state index contributed by atoms with van der Waals surface area (Å²) in [6.45, 7) is 5.66. The molecule has 1 fully saturated rings. The molecule has 1 aliphatic heterocycles. The van der Waals surface area contributed by atoms with Crippen LogP contribution in [-0.4, -0.2) is 82.7 Å². The normalized spacial score (nSPS) is 16.3. The van der Waals surface area contributed by atoms with E-state index in [0.717, 1.165) is 6.07 Å². The summed E-state index contributed by atoms with van der Waals surface area (Å²) in [6, 6.07) is 5.39. The average molecular weight is 450 g/mol. The molecule has 0 spiro atoms. The summed E-state index contributed by atoms with van der Waals surface area (Å²) in [4.78, 5) is 8.26. The van der Waals surface area contributed by atoms with E-state index >= 15 is 0 Å². The molecular formula is C19H30F3N5O2S. The highest BCUT2D eigenvalue weighted by Gasteiger charge is 2.31. The number of hydrogen-bond acceptors (Lipinski definition) is 4. The number of aliphatic imine (C=N–C) groups is 1. The molecule has 0 bridgehead atoms. The Morgan fingerprint density at radius 3 is 2.43 bits per heavy atom. The third kappa shape index (κ3) is 6.76. The molecule has 0 atom stereocenters. The van der Waals surface area contributed by atoms with Crippen molar-refractivity contribution in [3.63, 3.8) is 0 Å². The second-order valence-electron chi connectivity index (χ2n) is 7.10. The summed E-state index contributed by atoms with van der Waals surface area (Å²) >= 11 is 0. The molecule has 1 saturated heterocycles. The maximum Gasteiger partial charge on any atom is 0.416 e. The van der Waals surface area contributed by atoms with Gasteiger partial charge in [0.25, 0.3) is 0 Å². The Balaban J connectivity index is 1.85. The van der Waals surface area contributed by atoms with Gasteiger partial charge in [0.1, 0.15) is 0 Å². The predicted molar refractivity (Wildman–Crippen MR) is 113 cm³/mol. The standard InChI is InChI=1S/C19H30F3N5O2S/c1-4-27(30(3,28)29)10-6-9-24-18(23-2)26-13-11-25(12-14-26)17-8-5-7-16(15-17)19(20,21)22/h5,7-8,15H,4,6,9-14H2,1-3H3,(H,23,24). The first-order chi connectivity index (χ1) is 14.1. The van der Waals surface area contributed by atoms with Crippen LogP contribution in [0.2, 0.25) is 0 Å². The zero-order valence-electron chi connectivity index (χ0n) is 17.6. The molecule has 1 aromatic rings. The first-order valence-electron chi connectivity index (χ1n) is 9.89. The Morgan fingerprint density at radius 1 is 1.23 bits per heavy atom. The van der Waals surface area contributed by atoms with Crippen LogP contribution >= 0.6 is 0 Å². The van der Waals surface area contributed by atoms with Crippen molar-refractivity contribution < 1.29 is 21.6 Å². The molecular weight excluding hydrogens is 419 g/mol. The van der Waals surface area contributed by atoms with Crippen LogP contribution in [0, 0.1) is 0 Å². The van der Waals surface area contributed by atoms with Gasteiger partial charge in [0, 0.05) is 58.5 Å². The van der Waals surface area contributed by atoms with Gasteiger partial charge in [-0.15, -0.1) is 0 Å². The van der Waals surface area contributed by atoms with E-state index in [2.05, 4.69) is 15.2 Å². The van der Waals surface area contributed by atoms with Gasteiger partial charge in [-0.2, -0.15) is 13.2 Å². The molecule has 1 aromatic carbocycles. The molecule has 0 unspecified atom stereocenters. The molecule has 7 nitrogen and oxygen atoms in total. The van der Waals surface area contributed by atoms with Crippen LogP contribution < -0.4 is 10.2 Å². The summed E-state index contributed by atoms with van der Waals surface area (Å²) in [5, 5.41) is 3.24. The van der Waals surface area contributed by atoms with E-state index in [1.165, 1.54) is 22.7 Å². The topological polar surface area (TPSA) is 68.2 Å². The quantitative estimate of drug-likeness (QED) is 0.392. The maximum atomic E-state index is 12.9. The van der Waals surface area contributed by atoms with Gasteiger partial charge < -0.3 is 15.1 Å². The molecule has 0 radical (unpaired) electrons. The van der Waals surface area contributed by atoms with Gasteiger partial charge in [-0.3, -0.25) is 4.99 Å². The molecule has 170 valence electrons. The van der Waals surface area contributed by atoms with Gasteiger partial charge >= 0.3 is 6.18 Å². The van der Waals surface area contributed by atoms with Gasteiger partial charge in [0.15, 0.2) is 5.96 Å². The fourth-order valence-corrected chi connectivity index (χ4v) is 4.33. The van der Waals surface area contributed by atoms with Gasteiger partial charge in [-0.25, -0.2) is 12.7 Å². The van der Waals surface area contributed by atoms with E-state index < -0.39 is 21.8 Å². The number of anilines is 1. The summed E-state index contributed by atoms with van der Waals surface area (Å²) < 4.78 is 63.5. The SMILES string of the molecule is CCN(CCCNC(=NC)N1CCN(c2cccc(C(F)(F)F)c2)CC1)S(C)(=O)=O. The van der Waals surface area contributed by atoms with E-state index in [-0.39, 0.29) is 0 Å². The number of halogens is 3. The first-order valence-corrected chi connectivity index (χ1v) is 11.7. The average Bonchev–Trinajstić information content (AvgIpc) is 2.69. The molecule has 0 aromatic heterocycles. The van der Waals surface area contributed by atoms with Gasteiger partial charge in [0.05, 0.1) is 11.8 Å². The van der Waals surface area contributed by atoms with E-state index in [0.29, 0.717) is 63.9 Å². The van der Waals surface area contributed by atoms with Gasteiger partial charge in [0.2, 0.25) is 10.0 Å². The van der Waals surface area contributed by atoms with Crippen LogP contribution in [0.25, 0.3) is 0 Å². The van der Waals surface area contributed by atoms with Crippen molar-refractivity contribution in [1.82, 2.24) is 14.5 Å². The van der Waals surface area contributed by atoms with Crippen molar-refractivity contribution in [3.8, 4) is 0 Å². The molecule has 0 amide bonds. The maximum absolute atomic E-state index is 12.9. The van der Waals surface area contributed by atoms with Crippen LogP contribution in [0.1, 0.15) is 18.9 Å². The van der Waals surface area contributed by atoms with Crippen molar-refractivity contribution in [1.29, 1.82) is 0 Å². The second-order valence-corrected chi connectivity index (χ2v) is 9.09. The lowest BCUT2D eigenvalue weighted by Gasteiger charge is -2.38. The number of rotatable bonds is 7. The summed E-state index contributed by atoms with van der Waals surface area (Å²) in [7, 11) is -1.52. The number of nitrogens with zero attached hydrogens (tertiary/aromatic N) is 4. The summed E-state index contributed by atoms with van der Waals surface area (Å²) in [6.07, 6.45) is -2.51. The number of hydrogen-bond donors (Lipinski definition) is 1. The van der Waals surface area contributed by atoms with E-state index in [4.69, 9.17) is 0 Å². The highest BCUT2D eigenvalue weighted by Crippen LogP contribution is 2.31. The summed E-state index contributed by atoms with van der Waals surface area (Å²) in [5.74, 6) is 0.709. The number of guanidine groups is 1. The van der Waals surface area contributed by atoms with Gasteiger partial charge in [-0.1, -0.05) is 13.0 Å². The van der Waals surface area contributed by atoms with E-state index in [9.17, 15) is 21.6 Å². The summed E-state index contributed by atoms with van der Waals surface area (Å²) in [5.41, 5.74) is -0.0806. The number of nitrogens with one attached hydrogen (secondary N) is 1. The second kappa shape index (κ2) is 10.3. The fourth-order valence-electron chi connectivity index (χ4n) is 3.40. The molecule has 0 aliphatic carbocycles. The van der Waals surface area contributed by atoms with E-state index in [1.54, 1.807) is 20.0 Å². The predicted octanol–water partition coefficient (Wildman–Crippen LogP) is 2.07. The molecule has 2 rings (SSSR count). The third-order valence-electron chi connectivity index (χ3n) is 5.02. The molecule has 1 aliphatic rings. The van der Waals surface area contributed by atoms with Crippen molar-refractivity contribution >= 4 is 21.7 Å². The van der Waals surface area contributed by atoms with Crippen LogP contribution in [0.3, 0.4) is 0 Å². The Bertz CT molecular complexity index is 822. The Hall–Kier alpha value is -2.01. The monoisotopic (exact) mass is 449 g/mol. The zero-order valence-corrected chi connectivity index (χ0v) is 18.4. The largest absolute Gasteiger partial charge is 0.416 e. The Labute approximate surface area is 176 Å². The zero-order chi connectivity index (χ0) is 22.4. The fraction of sp³-hybridized carbons (Fsp3) is 0.632. The lowest BCUT2D eigenvalue weighted by molar-refractivity contribution is -0.137. The van der Waals surface area contributed by atoms with Crippen LogP contribution in [-0.2, 0) is 16.2 Å².